The number of aromatic nitrogens is 2. The second-order valence-corrected chi connectivity index (χ2v) is 6.74. The Morgan fingerprint density at radius 3 is 2.57 bits per heavy atom. The van der Waals surface area contributed by atoms with Gasteiger partial charge in [0.25, 0.3) is 0 Å². The van der Waals surface area contributed by atoms with Crippen molar-refractivity contribution in [3.63, 3.8) is 0 Å². The highest BCUT2D eigenvalue weighted by atomic mass is 32.2. The van der Waals surface area contributed by atoms with Gasteiger partial charge in [-0.25, -0.2) is 4.79 Å². The molecule has 0 aliphatic carbocycles. The van der Waals surface area contributed by atoms with Gasteiger partial charge in [-0.2, -0.15) is 5.10 Å². The van der Waals surface area contributed by atoms with Crippen molar-refractivity contribution in [1.29, 1.82) is 0 Å². The Morgan fingerprint density at radius 1 is 1.30 bits per heavy atom. The third kappa shape index (κ3) is 4.35. The number of carbonyl (C=O) groups is 2. The van der Waals surface area contributed by atoms with Crippen molar-refractivity contribution in [3.8, 4) is 0 Å². The van der Waals surface area contributed by atoms with Gasteiger partial charge in [0.15, 0.2) is 5.54 Å². The first-order valence-electron chi connectivity index (χ1n) is 7.07. The number of anilines is 1. The Morgan fingerprint density at radius 2 is 1.96 bits per heavy atom. The number of carbonyl (C=O) groups excluding carboxylic acids is 1. The standard InChI is InChI=1S/C16H19N3O3S/c1-11-4-6-13(7-5-11)23-10-14(20)18-12-8-17-19(9-12)16(2,3)15(21)22/h4-9H,10H2,1-3H3,(H,18,20)(H,21,22). The van der Waals surface area contributed by atoms with E-state index in [0.717, 1.165) is 4.90 Å². The zero-order chi connectivity index (χ0) is 17.0. The van der Waals surface area contributed by atoms with Crippen LogP contribution in [-0.2, 0) is 15.1 Å². The predicted octanol–water partition coefficient (Wildman–Crippen LogP) is 2.74. The van der Waals surface area contributed by atoms with Crippen LogP contribution in [0.2, 0.25) is 0 Å². The van der Waals surface area contributed by atoms with Crippen LogP contribution in [-0.4, -0.2) is 32.5 Å². The summed E-state index contributed by atoms with van der Waals surface area (Å²) in [6.45, 7) is 5.10. The molecule has 0 unspecified atom stereocenters. The van der Waals surface area contributed by atoms with E-state index >= 15 is 0 Å². The largest absolute Gasteiger partial charge is 0.479 e. The highest BCUT2D eigenvalue weighted by molar-refractivity contribution is 8.00. The smallest absolute Gasteiger partial charge is 0.331 e. The topological polar surface area (TPSA) is 84.2 Å². The molecule has 2 rings (SSSR count). The van der Waals surface area contributed by atoms with E-state index in [1.54, 1.807) is 13.8 Å². The molecule has 2 aromatic rings. The molecule has 23 heavy (non-hydrogen) atoms. The average Bonchev–Trinajstić information content (AvgIpc) is 2.95. The predicted molar refractivity (Wildman–Crippen MR) is 89.7 cm³/mol. The van der Waals surface area contributed by atoms with Crippen LogP contribution in [0.5, 0.6) is 0 Å². The van der Waals surface area contributed by atoms with Crippen LogP contribution in [0.3, 0.4) is 0 Å². The molecule has 0 radical (unpaired) electrons. The molecule has 1 heterocycles. The van der Waals surface area contributed by atoms with E-state index in [-0.39, 0.29) is 11.7 Å². The molecule has 6 nitrogen and oxygen atoms in total. The molecule has 1 aromatic heterocycles. The Balaban J connectivity index is 1.92. The summed E-state index contributed by atoms with van der Waals surface area (Å²) < 4.78 is 1.32. The molecule has 122 valence electrons. The molecule has 7 heteroatoms. The lowest BCUT2D eigenvalue weighted by atomic mass is 10.1. The lowest BCUT2D eigenvalue weighted by molar-refractivity contribution is -0.146. The molecule has 0 aliphatic heterocycles. The third-order valence-corrected chi connectivity index (χ3v) is 4.37. The van der Waals surface area contributed by atoms with Crippen molar-refractivity contribution < 1.29 is 14.7 Å². The van der Waals surface area contributed by atoms with Gasteiger partial charge in [-0.1, -0.05) is 17.7 Å². The molecule has 2 N–H and O–H groups in total. The quantitative estimate of drug-likeness (QED) is 0.794. The van der Waals surface area contributed by atoms with Crippen LogP contribution in [0, 0.1) is 6.92 Å². The first-order valence-corrected chi connectivity index (χ1v) is 8.05. The monoisotopic (exact) mass is 333 g/mol. The fourth-order valence-corrected chi connectivity index (χ4v) is 2.47. The summed E-state index contributed by atoms with van der Waals surface area (Å²) >= 11 is 1.44. The fraction of sp³-hybridized carbons (Fsp3) is 0.312. The molecule has 1 aromatic carbocycles. The maximum Gasteiger partial charge on any atom is 0.331 e. The Kier molecular flexibility index (Phi) is 5.10. The minimum atomic E-state index is -1.17. The number of carboxylic acids is 1. The SMILES string of the molecule is Cc1ccc(SCC(=O)Nc2cnn(C(C)(C)C(=O)O)c2)cc1. The van der Waals surface area contributed by atoms with E-state index in [4.69, 9.17) is 5.11 Å². The van der Waals surface area contributed by atoms with Crippen LogP contribution in [0.4, 0.5) is 5.69 Å². The molecule has 0 saturated carbocycles. The van der Waals surface area contributed by atoms with Gasteiger partial charge in [0, 0.05) is 11.1 Å². The number of hydrogen-bond donors (Lipinski definition) is 2. The number of rotatable bonds is 6. The summed E-state index contributed by atoms with van der Waals surface area (Å²) in [4.78, 5) is 24.2. The van der Waals surface area contributed by atoms with Crippen LogP contribution in [0.25, 0.3) is 0 Å². The Bertz CT molecular complexity index is 708. The lowest BCUT2D eigenvalue weighted by Crippen LogP contribution is -2.35. The van der Waals surface area contributed by atoms with Crippen LogP contribution < -0.4 is 5.32 Å². The number of aryl methyl sites for hydroxylation is 1. The summed E-state index contributed by atoms with van der Waals surface area (Å²) in [5, 5.41) is 15.9. The van der Waals surface area contributed by atoms with Gasteiger partial charge in [0.2, 0.25) is 5.91 Å². The van der Waals surface area contributed by atoms with Gasteiger partial charge < -0.3 is 10.4 Å². The molecule has 0 atom stereocenters. The number of hydrogen-bond acceptors (Lipinski definition) is 4. The zero-order valence-corrected chi connectivity index (χ0v) is 14.1. The van der Waals surface area contributed by atoms with Crippen molar-refractivity contribution >= 4 is 29.3 Å². The highest BCUT2D eigenvalue weighted by Crippen LogP contribution is 2.20. The van der Waals surface area contributed by atoms with Gasteiger partial charge in [-0.3, -0.25) is 9.48 Å². The average molecular weight is 333 g/mol. The molecule has 1 amide bonds. The number of thioether (sulfide) groups is 1. The number of carboxylic acid groups (broad SMARTS) is 1. The molecular weight excluding hydrogens is 314 g/mol. The second-order valence-electron chi connectivity index (χ2n) is 5.69. The van der Waals surface area contributed by atoms with Crippen LogP contribution >= 0.6 is 11.8 Å². The molecular formula is C16H19N3O3S. The van der Waals surface area contributed by atoms with E-state index in [1.165, 1.54) is 34.4 Å². The number of amides is 1. The van der Waals surface area contributed by atoms with E-state index < -0.39 is 11.5 Å². The third-order valence-electron chi connectivity index (χ3n) is 3.35. The number of benzene rings is 1. The first-order chi connectivity index (χ1) is 10.8. The molecule has 0 bridgehead atoms. The highest BCUT2D eigenvalue weighted by Gasteiger charge is 2.30. The van der Waals surface area contributed by atoms with Crippen molar-refractivity contribution in [2.75, 3.05) is 11.1 Å². The molecule has 0 aliphatic rings. The molecule has 0 fully saturated rings. The van der Waals surface area contributed by atoms with Crippen molar-refractivity contribution in [2.45, 2.75) is 31.2 Å². The van der Waals surface area contributed by atoms with Crippen molar-refractivity contribution in [2.24, 2.45) is 0 Å². The van der Waals surface area contributed by atoms with E-state index in [2.05, 4.69) is 10.4 Å². The maximum atomic E-state index is 12.0. The van der Waals surface area contributed by atoms with E-state index in [9.17, 15) is 9.59 Å². The number of nitrogens with zero attached hydrogens (tertiary/aromatic N) is 2. The Labute approximate surface area is 138 Å². The summed E-state index contributed by atoms with van der Waals surface area (Å²) in [5.41, 5.74) is 0.487. The van der Waals surface area contributed by atoms with Crippen LogP contribution in [0.1, 0.15) is 19.4 Å². The maximum absolute atomic E-state index is 12.0. The molecule has 0 spiro atoms. The fourth-order valence-electron chi connectivity index (χ4n) is 1.77. The second kappa shape index (κ2) is 6.87. The minimum absolute atomic E-state index is 0.164. The molecule has 0 saturated heterocycles. The van der Waals surface area contributed by atoms with Gasteiger partial charge in [-0.15, -0.1) is 11.8 Å². The summed E-state index contributed by atoms with van der Waals surface area (Å²) in [5.74, 6) is -0.882. The van der Waals surface area contributed by atoms with Crippen LogP contribution in [0.15, 0.2) is 41.6 Å². The van der Waals surface area contributed by atoms with E-state index in [1.807, 2.05) is 31.2 Å². The van der Waals surface area contributed by atoms with Gasteiger partial charge >= 0.3 is 5.97 Å². The first kappa shape index (κ1) is 17.1. The van der Waals surface area contributed by atoms with Gasteiger partial charge in [0.1, 0.15) is 0 Å². The van der Waals surface area contributed by atoms with Gasteiger partial charge in [0.05, 0.1) is 17.6 Å². The normalized spacial score (nSPS) is 11.3. The number of aliphatic carboxylic acids is 1. The van der Waals surface area contributed by atoms with Gasteiger partial charge in [-0.05, 0) is 32.9 Å². The van der Waals surface area contributed by atoms with Crippen molar-refractivity contribution in [3.05, 3.63) is 42.2 Å². The van der Waals surface area contributed by atoms with Crippen molar-refractivity contribution in [1.82, 2.24) is 9.78 Å². The summed E-state index contributed by atoms with van der Waals surface area (Å²) in [6, 6.07) is 7.94. The zero-order valence-electron chi connectivity index (χ0n) is 13.2. The van der Waals surface area contributed by atoms with E-state index in [0.29, 0.717) is 5.69 Å². The summed E-state index contributed by atoms with van der Waals surface area (Å²) in [7, 11) is 0. The summed E-state index contributed by atoms with van der Waals surface area (Å²) in [6.07, 6.45) is 2.96. The number of nitrogens with one attached hydrogen (secondary N) is 1. The Hall–Kier alpha value is -2.28. The minimum Gasteiger partial charge on any atom is -0.479 e. The lowest BCUT2D eigenvalue weighted by Gasteiger charge is -2.19.